The molecule has 0 bridgehead atoms. The molecular weight excluding hydrogens is 686 g/mol. The molecule has 5 N–H and O–H groups in total. The van der Waals surface area contributed by atoms with E-state index in [0.717, 1.165) is 63.3 Å². The molecule has 0 amide bonds. The maximum Gasteiger partial charge on any atom is 0.294 e. The predicted molar refractivity (Wildman–Crippen MR) is 158 cm³/mol. The smallest absolute Gasteiger partial charge is 0.294 e. The molecule has 11 heteroatoms. The van der Waals surface area contributed by atoms with Gasteiger partial charge in [-0.15, -0.1) is 0 Å². The zero-order chi connectivity index (χ0) is 26.1. The van der Waals surface area contributed by atoms with Gasteiger partial charge in [-0.1, -0.05) is 10.3 Å². The molecule has 0 fully saturated rings. The van der Waals surface area contributed by atoms with Gasteiger partial charge in [0.1, 0.15) is 17.0 Å². The van der Waals surface area contributed by atoms with Crippen molar-refractivity contribution in [2.75, 3.05) is 18.1 Å². The number of H-pyrrole nitrogens is 1. The number of aryl methyl sites for hydroxylation is 4. The highest BCUT2D eigenvalue weighted by Crippen LogP contribution is 2.34. The molecule has 3 aromatic heterocycles. The summed E-state index contributed by atoms with van der Waals surface area (Å²) < 4.78 is 17.8. The minimum atomic E-state index is 0.552. The fourth-order valence-electron chi connectivity index (χ4n) is 3.98. The second-order valence-corrected chi connectivity index (χ2v) is 10.5. The summed E-state index contributed by atoms with van der Waals surface area (Å²) in [6.07, 6.45) is 0. The fraction of sp³-hybridized carbons (Fsp3) is 0.240. The highest BCUT2D eigenvalue weighted by Gasteiger charge is 2.16. The van der Waals surface area contributed by atoms with Crippen LogP contribution in [0.15, 0.2) is 33.3 Å². The third-order valence-electron chi connectivity index (χ3n) is 5.61. The summed E-state index contributed by atoms with van der Waals surface area (Å²) in [5.41, 5.74) is 20.6. The van der Waals surface area contributed by atoms with E-state index in [1.54, 1.807) is 0 Å². The van der Waals surface area contributed by atoms with Gasteiger partial charge < -0.3 is 30.2 Å². The molecule has 3 heterocycles. The maximum atomic E-state index is 5.85. The Morgan fingerprint density at radius 3 is 1.92 bits per heavy atom. The molecule has 0 unspecified atom stereocenters. The Hall–Kier alpha value is -2.81. The number of fused-ring (bicyclic) bond motifs is 1. The number of ether oxygens (including phenoxy) is 1. The van der Waals surface area contributed by atoms with Crippen molar-refractivity contribution >= 4 is 67.6 Å². The highest BCUT2D eigenvalue weighted by molar-refractivity contribution is 14.1. The van der Waals surface area contributed by atoms with Gasteiger partial charge in [0.15, 0.2) is 0 Å². The number of benzene rings is 2. The van der Waals surface area contributed by atoms with Crippen molar-refractivity contribution in [2.24, 2.45) is 0 Å². The second kappa shape index (κ2) is 10.7. The number of hydrogen-bond acceptors (Lipinski definition) is 8. The lowest BCUT2D eigenvalue weighted by Gasteiger charge is -2.07. The Labute approximate surface area is 235 Å². The van der Waals surface area contributed by atoms with E-state index < -0.39 is 0 Å². The van der Waals surface area contributed by atoms with E-state index in [9.17, 15) is 0 Å². The van der Waals surface area contributed by atoms with Gasteiger partial charge in [0.2, 0.25) is 0 Å². The summed E-state index contributed by atoms with van der Waals surface area (Å²) in [5.74, 6) is 1.61. The summed E-state index contributed by atoms with van der Waals surface area (Å²) in [5, 5.41) is 7.93. The van der Waals surface area contributed by atoms with Crippen molar-refractivity contribution in [2.45, 2.75) is 34.6 Å². The summed E-state index contributed by atoms with van der Waals surface area (Å²) in [6, 6.07) is 8.53. The van der Waals surface area contributed by atoms with Crippen LogP contribution in [0.1, 0.15) is 29.8 Å². The molecule has 0 spiro atoms. The topological polar surface area (TPSA) is 142 Å². The van der Waals surface area contributed by atoms with E-state index in [0.29, 0.717) is 24.0 Å². The van der Waals surface area contributed by atoms with Crippen LogP contribution < -0.4 is 16.2 Å². The Balaban J connectivity index is 0.000000174. The molecule has 5 rings (SSSR count). The number of halogens is 2. The number of aromatic amines is 1. The van der Waals surface area contributed by atoms with Crippen LogP contribution in [0.4, 0.5) is 11.4 Å². The highest BCUT2D eigenvalue weighted by atomic mass is 127. The molecule has 0 radical (unpaired) electrons. The summed E-state index contributed by atoms with van der Waals surface area (Å²) >= 11 is 4.45. The molecule has 0 aliphatic heterocycles. The number of nitrogens with two attached hydrogens (primary N) is 2. The fourth-order valence-corrected chi connectivity index (χ4v) is 5.37. The van der Waals surface area contributed by atoms with Crippen LogP contribution in [-0.2, 0) is 0 Å². The lowest BCUT2D eigenvalue weighted by atomic mass is 10.0. The van der Waals surface area contributed by atoms with Crippen molar-refractivity contribution in [3.8, 4) is 28.3 Å². The number of imidazole rings is 1. The van der Waals surface area contributed by atoms with Crippen LogP contribution in [0.2, 0.25) is 0 Å². The van der Waals surface area contributed by atoms with Gasteiger partial charge >= 0.3 is 0 Å². The molecule has 0 aliphatic rings. The van der Waals surface area contributed by atoms with Gasteiger partial charge in [-0.3, -0.25) is 0 Å². The monoisotopic (exact) mass is 712 g/mol. The Bertz CT molecular complexity index is 1490. The molecule has 188 valence electrons. The van der Waals surface area contributed by atoms with Crippen molar-refractivity contribution in [1.82, 2.24) is 20.3 Å². The van der Waals surface area contributed by atoms with Crippen LogP contribution in [0.5, 0.6) is 6.01 Å². The third kappa shape index (κ3) is 5.16. The average Bonchev–Trinajstić information content (AvgIpc) is 3.49. The molecule has 9 nitrogen and oxygen atoms in total. The number of nitrogen functional groups attached to an aromatic ring is 2. The van der Waals surface area contributed by atoms with Crippen molar-refractivity contribution in [3.05, 3.63) is 54.3 Å². The summed E-state index contributed by atoms with van der Waals surface area (Å²) in [4.78, 5) is 7.63. The number of nitrogens with zero attached hydrogens (tertiary/aromatic N) is 3. The molecule has 36 heavy (non-hydrogen) atoms. The van der Waals surface area contributed by atoms with E-state index >= 15 is 0 Å². The van der Waals surface area contributed by atoms with E-state index in [1.807, 2.05) is 46.8 Å². The Kier molecular flexibility index (Phi) is 7.78. The lowest BCUT2D eigenvalue weighted by Crippen LogP contribution is -1.98. The first-order valence-electron chi connectivity index (χ1n) is 11.1. The van der Waals surface area contributed by atoms with Crippen LogP contribution in [0.25, 0.3) is 33.3 Å². The molecule has 0 saturated carbocycles. The molecule has 0 atom stereocenters. The first kappa shape index (κ1) is 26.3. The van der Waals surface area contributed by atoms with Gasteiger partial charge in [-0.2, -0.15) is 4.98 Å². The van der Waals surface area contributed by atoms with E-state index in [2.05, 4.69) is 77.6 Å². The lowest BCUT2D eigenvalue weighted by molar-refractivity contribution is 0.317. The van der Waals surface area contributed by atoms with Crippen LogP contribution >= 0.6 is 45.2 Å². The van der Waals surface area contributed by atoms with E-state index in [-0.39, 0.29) is 0 Å². The zero-order valence-electron chi connectivity index (χ0n) is 20.5. The number of anilines is 2. The Morgan fingerprint density at radius 1 is 0.861 bits per heavy atom. The van der Waals surface area contributed by atoms with Crippen molar-refractivity contribution in [3.63, 3.8) is 0 Å². The number of hydrogen-bond donors (Lipinski definition) is 3. The zero-order valence-corrected chi connectivity index (χ0v) is 24.8. The van der Waals surface area contributed by atoms with Crippen molar-refractivity contribution in [1.29, 1.82) is 0 Å². The number of aromatic nitrogens is 4. The second-order valence-electron chi connectivity index (χ2n) is 8.19. The minimum absolute atomic E-state index is 0.552. The number of nitrogens with one attached hydrogen (secondary N) is 1. The first-order chi connectivity index (χ1) is 17.1. The van der Waals surface area contributed by atoms with Gasteiger partial charge in [0.25, 0.3) is 6.01 Å². The molecule has 2 aromatic carbocycles. The van der Waals surface area contributed by atoms with Crippen LogP contribution in [0.3, 0.4) is 0 Å². The standard InChI is InChI=1S/C14H14IN3O2.C11H12IN3O/c1-4-19-14-16-11-6-9(5-10(15)13(11)17-14)12-7(2)18-20-8(12)3;1-5-10(6(2)16-15-5)7-3-8(12)11(14)9(13)4-7/h5-6H,4H2,1-3H3,(H,16,17);3-4H,13-14H2,1-2H3. The molecular formula is C25H26I2N6O3. The maximum absolute atomic E-state index is 5.85. The molecule has 0 saturated heterocycles. The quantitative estimate of drug-likeness (QED) is 0.141. The van der Waals surface area contributed by atoms with Crippen LogP contribution in [-0.4, -0.2) is 26.9 Å². The van der Waals surface area contributed by atoms with E-state index in [1.165, 1.54) is 0 Å². The molecule has 0 aliphatic carbocycles. The minimum Gasteiger partial charge on any atom is -0.465 e. The third-order valence-corrected chi connectivity index (χ3v) is 7.32. The predicted octanol–water partition coefficient (Wildman–Crippen LogP) is 6.57. The van der Waals surface area contributed by atoms with Crippen molar-refractivity contribution < 1.29 is 13.8 Å². The summed E-state index contributed by atoms with van der Waals surface area (Å²) in [7, 11) is 0. The van der Waals surface area contributed by atoms with Gasteiger partial charge in [-0.25, -0.2) is 0 Å². The average molecular weight is 712 g/mol. The normalized spacial score (nSPS) is 11.0. The van der Waals surface area contributed by atoms with Crippen LogP contribution in [0, 0.1) is 34.8 Å². The largest absolute Gasteiger partial charge is 0.465 e. The van der Waals surface area contributed by atoms with Gasteiger partial charge in [0, 0.05) is 18.3 Å². The first-order valence-corrected chi connectivity index (χ1v) is 13.3. The number of rotatable bonds is 4. The SMILES string of the molecule is CCOc1nc2c(I)cc(-c3c(C)noc3C)cc2[nH]1.Cc1noc(C)c1-c1cc(N)c(N)c(I)c1. The van der Waals surface area contributed by atoms with Gasteiger partial charge in [0.05, 0.1) is 34.9 Å². The van der Waals surface area contributed by atoms with E-state index in [4.69, 9.17) is 25.3 Å². The van der Waals surface area contributed by atoms with Gasteiger partial charge in [-0.05, 0) is 115 Å². The Morgan fingerprint density at radius 2 is 1.42 bits per heavy atom. The molecule has 5 aromatic rings. The summed E-state index contributed by atoms with van der Waals surface area (Å²) in [6.45, 7) is 10.2.